The van der Waals surface area contributed by atoms with Crippen LogP contribution in [0.5, 0.6) is 0 Å². The van der Waals surface area contributed by atoms with Crippen molar-refractivity contribution in [1.29, 1.82) is 0 Å². The minimum absolute atomic E-state index is 0.913. The number of aromatic nitrogens is 1. The molecule has 2 aromatic heterocycles. The molecular formula is C56H36N2O. The predicted octanol–water partition coefficient (Wildman–Crippen LogP) is 15.8. The van der Waals surface area contributed by atoms with E-state index < -0.39 is 0 Å². The fourth-order valence-corrected chi connectivity index (χ4v) is 9.23. The first kappa shape index (κ1) is 33.3. The topological polar surface area (TPSA) is 21.3 Å². The summed E-state index contributed by atoms with van der Waals surface area (Å²) in [6.45, 7) is 0. The number of nitrogens with zero attached hydrogens (tertiary/aromatic N) is 2. The molecule has 10 aromatic carbocycles. The first-order valence-corrected chi connectivity index (χ1v) is 20.2. The number of hydrogen-bond acceptors (Lipinski definition) is 2. The third-order valence-electron chi connectivity index (χ3n) is 12.0. The van der Waals surface area contributed by atoms with Crippen molar-refractivity contribution in [2.24, 2.45) is 0 Å². The van der Waals surface area contributed by atoms with Crippen molar-refractivity contribution >= 4 is 82.4 Å². The lowest BCUT2D eigenvalue weighted by atomic mass is 9.94. The molecule has 0 atom stereocenters. The SMILES string of the molecule is c1ccc(N(c2ccc(-c3ccc(-c4cc5ccccc5c5c4oc4ccc6ccccc6c45)cc3)cc2)c2ccc3c(c2)c2ccccc2n3-c2ccccc2)cc1. The van der Waals surface area contributed by atoms with Crippen LogP contribution in [-0.2, 0) is 0 Å². The molecule has 3 nitrogen and oxygen atoms in total. The van der Waals surface area contributed by atoms with Gasteiger partial charge in [-0.3, -0.25) is 0 Å². The summed E-state index contributed by atoms with van der Waals surface area (Å²) in [6.07, 6.45) is 0. The van der Waals surface area contributed by atoms with Crippen LogP contribution in [-0.4, -0.2) is 4.57 Å². The second-order valence-electron chi connectivity index (χ2n) is 15.3. The first-order valence-electron chi connectivity index (χ1n) is 20.2. The molecule has 0 amide bonds. The predicted molar refractivity (Wildman–Crippen MR) is 249 cm³/mol. The van der Waals surface area contributed by atoms with Crippen LogP contribution in [0.25, 0.3) is 93.2 Å². The summed E-state index contributed by atoms with van der Waals surface area (Å²) in [5.74, 6) is 0. The zero-order valence-electron chi connectivity index (χ0n) is 32.1. The number of benzene rings is 10. The van der Waals surface area contributed by atoms with E-state index in [-0.39, 0.29) is 0 Å². The van der Waals surface area contributed by atoms with Gasteiger partial charge >= 0.3 is 0 Å². The molecule has 0 aliphatic heterocycles. The maximum atomic E-state index is 6.74. The van der Waals surface area contributed by atoms with E-state index in [0.717, 1.165) is 56.2 Å². The monoisotopic (exact) mass is 752 g/mol. The lowest BCUT2D eigenvalue weighted by Crippen LogP contribution is -2.09. The zero-order valence-corrected chi connectivity index (χ0v) is 32.1. The summed E-state index contributed by atoms with van der Waals surface area (Å²) < 4.78 is 9.10. The van der Waals surface area contributed by atoms with Crippen LogP contribution in [0.4, 0.5) is 17.1 Å². The lowest BCUT2D eigenvalue weighted by Gasteiger charge is -2.26. The van der Waals surface area contributed by atoms with Crippen molar-refractivity contribution < 1.29 is 4.42 Å². The van der Waals surface area contributed by atoms with Crippen molar-refractivity contribution in [1.82, 2.24) is 4.57 Å². The smallest absolute Gasteiger partial charge is 0.143 e. The molecule has 0 bridgehead atoms. The molecule has 12 rings (SSSR count). The number of para-hydroxylation sites is 3. The highest BCUT2D eigenvalue weighted by atomic mass is 16.3. The largest absolute Gasteiger partial charge is 0.455 e. The third-order valence-corrected chi connectivity index (χ3v) is 12.0. The molecule has 0 aliphatic rings. The Labute approximate surface area is 341 Å². The Morgan fingerprint density at radius 2 is 0.915 bits per heavy atom. The van der Waals surface area contributed by atoms with Gasteiger partial charge in [-0.05, 0) is 111 Å². The summed E-state index contributed by atoms with van der Waals surface area (Å²) >= 11 is 0. The van der Waals surface area contributed by atoms with Gasteiger partial charge in [-0.15, -0.1) is 0 Å². The van der Waals surface area contributed by atoms with E-state index in [0.29, 0.717) is 0 Å². The maximum Gasteiger partial charge on any atom is 0.143 e. The van der Waals surface area contributed by atoms with Gasteiger partial charge < -0.3 is 13.9 Å². The fourth-order valence-electron chi connectivity index (χ4n) is 9.23. The minimum Gasteiger partial charge on any atom is -0.455 e. The zero-order chi connectivity index (χ0) is 38.9. The van der Waals surface area contributed by atoms with Crippen LogP contribution in [0.1, 0.15) is 0 Å². The quantitative estimate of drug-likeness (QED) is 0.169. The molecule has 59 heavy (non-hydrogen) atoms. The molecule has 276 valence electrons. The number of rotatable bonds is 6. The number of furan rings is 1. The van der Waals surface area contributed by atoms with E-state index in [1.165, 1.54) is 54.1 Å². The van der Waals surface area contributed by atoms with Gasteiger partial charge in [0.1, 0.15) is 11.2 Å². The summed E-state index contributed by atoms with van der Waals surface area (Å²) in [6, 6.07) is 78.5. The third kappa shape index (κ3) is 5.36. The molecule has 0 saturated heterocycles. The second-order valence-corrected chi connectivity index (χ2v) is 15.3. The Morgan fingerprint density at radius 3 is 1.68 bits per heavy atom. The van der Waals surface area contributed by atoms with Gasteiger partial charge in [0.25, 0.3) is 0 Å². The molecule has 0 unspecified atom stereocenters. The second kappa shape index (κ2) is 13.4. The molecule has 0 spiro atoms. The number of anilines is 3. The van der Waals surface area contributed by atoms with Crippen LogP contribution in [0.3, 0.4) is 0 Å². The van der Waals surface area contributed by atoms with Crippen molar-refractivity contribution in [3.63, 3.8) is 0 Å². The van der Waals surface area contributed by atoms with Crippen molar-refractivity contribution in [3.8, 4) is 27.9 Å². The molecule has 0 saturated carbocycles. The Morgan fingerprint density at radius 1 is 0.356 bits per heavy atom. The van der Waals surface area contributed by atoms with Gasteiger partial charge in [0, 0.05) is 49.9 Å². The van der Waals surface area contributed by atoms with E-state index in [1.807, 2.05) is 0 Å². The Bertz CT molecular complexity index is 3530. The van der Waals surface area contributed by atoms with Crippen molar-refractivity contribution in [2.75, 3.05) is 4.90 Å². The van der Waals surface area contributed by atoms with E-state index in [9.17, 15) is 0 Å². The van der Waals surface area contributed by atoms with Crippen LogP contribution in [0.2, 0.25) is 0 Å². The van der Waals surface area contributed by atoms with E-state index >= 15 is 0 Å². The van der Waals surface area contributed by atoms with Gasteiger partial charge in [-0.1, -0.05) is 146 Å². The van der Waals surface area contributed by atoms with Crippen LogP contribution < -0.4 is 4.90 Å². The Balaban J connectivity index is 0.931. The molecule has 0 aliphatic carbocycles. The molecule has 12 aromatic rings. The summed E-state index contributed by atoms with van der Waals surface area (Å²) in [7, 11) is 0. The van der Waals surface area contributed by atoms with Crippen molar-refractivity contribution in [2.45, 2.75) is 0 Å². The fraction of sp³-hybridized carbons (Fsp3) is 0. The van der Waals surface area contributed by atoms with Gasteiger partial charge in [-0.2, -0.15) is 0 Å². The Hall–Kier alpha value is -7.88. The van der Waals surface area contributed by atoms with Crippen molar-refractivity contribution in [3.05, 3.63) is 218 Å². The minimum atomic E-state index is 0.913. The maximum absolute atomic E-state index is 6.74. The van der Waals surface area contributed by atoms with Gasteiger partial charge in [-0.25, -0.2) is 0 Å². The van der Waals surface area contributed by atoms with E-state index in [4.69, 9.17) is 4.42 Å². The Kier molecular flexibility index (Phi) is 7.54. The average molecular weight is 753 g/mol. The van der Waals surface area contributed by atoms with Gasteiger partial charge in [0.2, 0.25) is 0 Å². The lowest BCUT2D eigenvalue weighted by molar-refractivity contribution is 0.670. The van der Waals surface area contributed by atoms with Gasteiger partial charge in [0.15, 0.2) is 0 Å². The van der Waals surface area contributed by atoms with E-state index in [2.05, 4.69) is 228 Å². The molecular weight excluding hydrogens is 717 g/mol. The van der Waals surface area contributed by atoms with E-state index in [1.54, 1.807) is 0 Å². The molecule has 0 radical (unpaired) electrons. The number of hydrogen-bond donors (Lipinski definition) is 0. The first-order chi connectivity index (χ1) is 29.3. The normalized spacial score (nSPS) is 11.7. The summed E-state index contributed by atoms with van der Waals surface area (Å²) in [4.78, 5) is 2.35. The van der Waals surface area contributed by atoms with Crippen LogP contribution >= 0.6 is 0 Å². The standard InChI is InChI=1S/C56H36N2O/c1-3-15-42(16-4-1)57(45-32-33-52-50(36-45)48-21-11-12-22-51(48)58(52)43-17-5-2-6-18-43)44-30-27-38(28-31-44)37-23-25-40(26-24-37)49-35-41-14-8-10-20-47(41)55-54-46-19-9-7-13-39(46)29-34-53(54)59-56(49)55/h1-36H. The highest BCUT2D eigenvalue weighted by Gasteiger charge is 2.20. The molecule has 0 N–H and O–H groups in total. The van der Waals surface area contributed by atoms with Crippen LogP contribution in [0.15, 0.2) is 223 Å². The highest BCUT2D eigenvalue weighted by Crippen LogP contribution is 2.44. The molecule has 2 heterocycles. The van der Waals surface area contributed by atoms with Crippen LogP contribution in [0, 0.1) is 0 Å². The molecule has 3 heteroatoms. The molecule has 0 fully saturated rings. The summed E-state index contributed by atoms with van der Waals surface area (Å²) in [5, 5.41) is 9.65. The summed E-state index contributed by atoms with van der Waals surface area (Å²) in [5.41, 5.74) is 13.2. The average Bonchev–Trinajstić information content (AvgIpc) is 3.87. The number of fused-ring (bicyclic) bond motifs is 10. The van der Waals surface area contributed by atoms with Gasteiger partial charge in [0.05, 0.1) is 11.0 Å². The highest BCUT2D eigenvalue weighted by molar-refractivity contribution is 6.28.